The predicted octanol–water partition coefficient (Wildman–Crippen LogP) is 7.14. The average molecular weight is 775 g/mol. The van der Waals surface area contributed by atoms with Crippen LogP contribution in [0.4, 0.5) is 10.6 Å². The maximum atomic E-state index is 13.7. The molecule has 0 unspecified atom stereocenters. The number of phenolic OH excluding ortho intramolecular Hbond substituents is 1. The van der Waals surface area contributed by atoms with E-state index >= 15 is 0 Å². The molecule has 0 spiro atoms. The lowest BCUT2D eigenvalue weighted by Crippen LogP contribution is -2.31. The van der Waals surface area contributed by atoms with Crippen molar-refractivity contribution in [1.82, 2.24) is 29.9 Å². The summed E-state index contributed by atoms with van der Waals surface area (Å²) in [5.41, 5.74) is 4.37. The monoisotopic (exact) mass is 773 g/mol. The molecule has 284 valence electrons. The van der Waals surface area contributed by atoms with E-state index in [-0.39, 0.29) is 46.0 Å². The number of carbonyl (C=O) groups is 2. The Balaban J connectivity index is 1.29. The molecule has 2 heterocycles. The number of ether oxygens (including phenoxy) is 1. The SMILES string of the molecule is Cc1ccc(C(=O)NCCN(C)C)cc1-n1c(C)cc(OCc2ccccc2CNC(=O)Nc2cc(C(C)(C)C)nn2-c2ccc(Cl)c(O)c2)c(Cl)c1=O. The predicted molar refractivity (Wildman–Crippen MR) is 213 cm³/mol. The number of halogens is 2. The van der Waals surface area contributed by atoms with Crippen LogP contribution >= 0.6 is 23.2 Å². The fourth-order valence-corrected chi connectivity index (χ4v) is 5.91. The van der Waals surface area contributed by atoms with E-state index in [2.05, 4.69) is 21.0 Å². The molecule has 3 amide bonds. The first-order valence-electron chi connectivity index (χ1n) is 17.3. The first-order valence-corrected chi connectivity index (χ1v) is 18.1. The zero-order chi connectivity index (χ0) is 39.3. The highest BCUT2D eigenvalue weighted by atomic mass is 35.5. The fourth-order valence-electron chi connectivity index (χ4n) is 5.60. The first-order chi connectivity index (χ1) is 25.5. The van der Waals surface area contributed by atoms with Crippen LogP contribution in [0.2, 0.25) is 10.0 Å². The van der Waals surface area contributed by atoms with Crippen LogP contribution in [0, 0.1) is 13.8 Å². The molecular formula is C40H45Cl2N7O5. The number of hydrogen-bond donors (Lipinski definition) is 4. The van der Waals surface area contributed by atoms with Crippen LogP contribution in [0.1, 0.15) is 59.2 Å². The number of nitrogens with one attached hydrogen (secondary N) is 3. The van der Waals surface area contributed by atoms with Crippen molar-refractivity contribution < 1.29 is 19.4 Å². The number of urea groups is 1. The van der Waals surface area contributed by atoms with Gasteiger partial charge in [0.15, 0.2) is 0 Å². The number of pyridine rings is 1. The van der Waals surface area contributed by atoms with Crippen LogP contribution in [-0.2, 0) is 18.6 Å². The van der Waals surface area contributed by atoms with Crippen molar-refractivity contribution in [2.24, 2.45) is 0 Å². The minimum absolute atomic E-state index is 0.0749. The summed E-state index contributed by atoms with van der Waals surface area (Å²) >= 11 is 12.7. The summed E-state index contributed by atoms with van der Waals surface area (Å²) in [6, 6.07) is 20.4. The van der Waals surface area contributed by atoms with E-state index < -0.39 is 11.6 Å². The molecule has 2 aromatic heterocycles. The molecule has 14 heteroatoms. The minimum atomic E-state index is -0.478. The Morgan fingerprint density at radius 3 is 2.35 bits per heavy atom. The molecule has 0 atom stereocenters. The molecule has 5 rings (SSSR count). The van der Waals surface area contributed by atoms with E-state index in [1.165, 1.54) is 10.6 Å². The number of likely N-dealkylation sites (N-methyl/N-ethyl adjacent to an activating group) is 1. The number of benzene rings is 3. The smallest absolute Gasteiger partial charge is 0.320 e. The summed E-state index contributed by atoms with van der Waals surface area (Å²) in [7, 11) is 3.86. The van der Waals surface area contributed by atoms with E-state index in [1.807, 2.05) is 71.0 Å². The van der Waals surface area contributed by atoms with Gasteiger partial charge in [-0.2, -0.15) is 5.10 Å². The third kappa shape index (κ3) is 9.43. The van der Waals surface area contributed by atoms with E-state index in [4.69, 9.17) is 27.9 Å². The number of rotatable bonds is 12. The van der Waals surface area contributed by atoms with E-state index in [1.54, 1.807) is 54.1 Å². The molecule has 0 saturated heterocycles. The van der Waals surface area contributed by atoms with Gasteiger partial charge in [0.25, 0.3) is 11.5 Å². The van der Waals surface area contributed by atoms with Crippen LogP contribution in [0.5, 0.6) is 11.5 Å². The summed E-state index contributed by atoms with van der Waals surface area (Å²) in [5.74, 6) is 0.273. The zero-order valence-corrected chi connectivity index (χ0v) is 32.9. The summed E-state index contributed by atoms with van der Waals surface area (Å²) < 4.78 is 9.13. The average Bonchev–Trinajstić information content (AvgIpc) is 3.55. The third-order valence-corrected chi connectivity index (χ3v) is 9.36. The molecule has 0 fully saturated rings. The van der Waals surface area contributed by atoms with Crippen LogP contribution in [-0.4, -0.2) is 63.5 Å². The number of phenols is 1. The number of nitrogens with zero attached hydrogens (tertiary/aromatic N) is 4. The number of carbonyl (C=O) groups excluding carboxylic acids is 2. The number of aryl methyl sites for hydroxylation is 2. The molecule has 0 bridgehead atoms. The highest BCUT2D eigenvalue weighted by Crippen LogP contribution is 2.31. The largest absolute Gasteiger partial charge is 0.506 e. The number of aromatic hydroxyl groups is 1. The van der Waals surface area contributed by atoms with Gasteiger partial charge in [0, 0.05) is 54.5 Å². The van der Waals surface area contributed by atoms with E-state index in [0.717, 1.165) is 22.4 Å². The quantitative estimate of drug-likeness (QED) is 0.106. The van der Waals surface area contributed by atoms with Crippen molar-refractivity contribution in [2.45, 2.75) is 53.2 Å². The molecule has 0 aliphatic carbocycles. The maximum Gasteiger partial charge on any atom is 0.320 e. The highest BCUT2D eigenvalue weighted by Gasteiger charge is 2.22. The van der Waals surface area contributed by atoms with Crippen molar-refractivity contribution in [3.63, 3.8) is 0 Å². The van der Waals surface area contributed by atoms with Gasteiger partial charge in [-0.15, -0.1) is 0 Å². The van der Waals surface area contributed by atoms with Gasteiger partial charge in [0.05, 0.1) is 22.1 Å². The normalized spacial score (nSPS) is 11.4. The second-order valence-corrected chi connectivity index (χ2v) is 15.0. The number of anilines is 1. The Bertz CT molecular complexity index is 2240. The Morgan fingerprint density at radius 1 is 0.944 bits per heavy atom. The van der Waals surface area contributed by atoms with E-state index in [0.29, 0.717) is 41.5 Å². The summed E-state index contributed by atoms with van der Waals surface area (Å²) in [5, 5.41) is 23.7. The standard InChI is InChI=1S/C40H45Cl2N7O5/c1-24-12-13-26(37(51)43-16-17-47(6)7)19-31(24)48-25(2)18-33(36(42)38(48)52)54-23-28-11-9-8-10-27(28)22-44-39(53)45-35-21-34(40(3,4)5)46-49(35)29-14-15-30(41)32(50)20-29/h8-15,18-21,50H,16-17,22-23H2,1-7H3,(H,43,51)(H2,44,45,53). The Morgan fingerprint density at radius 2 is 1.67 bits per heavy atom. The number of aromatic nitrogens is 3. The summed E-state index contributed by atoms with van der Waals surface area (Å²) in [6.45, 7) is 11.1. The topological polar surface area (TPSA) is 143 Å². The molecule has 12 nitrogen and oxygen atoms in total. The van der Waals surface area contributed by atoms with Gasteiger partial charge in [-0.1, -0.05) is 74.3 Å². The zero-order valence-electron chi connectivity index (χ0n) is 31.4. The van der Waals surface area contributed by atoms with E-state index in [9.17, 15) is 19.5 Å². The van der Waals surface area contributed by atoms with Gasteiger partial charge < -0.3 is 25.4 Å². The lowest BCUT2D eigenvalue weighted by atomic mass is 9.92. The van der Waals surface area contributed by atoms with Crippen LogP contribution in [0.25, 0.3) is 11.4 Å². The summed E-state index contributed by atoms with van der Waals surface area (Å²) in [4.78, 5) is 41.7. The van der Waals surface area contributed by atoms with Crippen molar-refractivity contribution in [3.8, 4) is 22.9 Å². The van der Waals surface area contributed by atoms with Gasteiger partial charge in [-0.05, 0) is 68.9 Å². The Labute approximate surface area is 324 Å². The second-order valence-electron chi connectivity index (χ2n) is 14.2. The maximum absolute atomic E-state index is 13.7. The molecule has 0 aliphatic heterocycles. The van der Waals surface area contributed by atoms with Crippen LogP contribution in [0.15, 0.2) is 77.6 Å². The molecular weight excluding hydrogens is 729 g/mol. The second kappa shape index (κ2) is 16.8. The fraction of sp³-hybridized carbons (Fsp3) is 0.300. The number of hydrogen-bond acceptors (Lipinski definition) is 7. The summed E-state index contributed by atoms with van der Waals surface area (Å²) in [6.07, 6.45) is 0. The third-order valence-electron chi connectivity index (χ3n) is 8.69. The molecule has 0 radical (unpaired) electrons. The molecule has 54 heavy (non-hydrogen) atoms. The van der Waals surface area contributed by atoms with Gasteiger partial charge in [0.1, 0.15) is 28.9 Å². The van der Waals surface area contributed by atoms with Gasteiger partial charge in [-0.25, -0.2) is 9.48 Å². The van der Waals surface area contributed by atoms with Gasteiger partial charge >= 0.3 is 6.03 Å². The molecule has 0 saturated carbocycles. The number of amides is 3. The van der Waals surface area contributed by atoms with Crippen molar-refractivity contribution in [2.75, 3.05) is 32.5 Å². The molecule has 3 aromatic carbocycles. The first kappa shape index (κ1) is 39.9. The van der Waals surface area contributed by atoms with Crippen LogP contribution in [0.3, 0.4) is 0 Å². The molecule has 4 N–H and O–H groups in total. The van der Waals surface area contributed by atoms with Crippen molar-refractivity contribution >= 4 is 41.0 Å². The van der Waals surface area contributed by atoms with Crippen LogP contribution < -0.4 is 26.2 Å². The lowest BCUT2D eigenvalue weighted by Gasteiger charge is -2.18. The highest BCUT2D eigenvalue weighted by molar-refractivity contribution is 6.32. The van der Waals surface area contributed by atoms with Gasteiger partial charge in [0.2, 0.25) is 0 Å². The van der Waals surface area contributed by atoms with Gasteiger partial charge in [-0.3, -0.25) is 19.5 Å². The lowest BCUT2D eigenvalue weighted by molar-refractivity contribution is 0.0951. The minimum Gasteiger partial charge on any atom is -0.506 e. The molecule has 5 aromatic rings. The van der Waals surface area contributed by atoms with Crippen molar-refractivity contribution in [1.29, 1.82) is 0 Å². The molecule has 0 aliphatic rings. The van der Waals surface area contributed by atoms with Crippen molar-refractivity contribution in [3.05, 3.63) is 127 Å². The Hall–Kier alpha value is -5.30. The Kier molecular flexibility index (Phi) is 12.4.